The molecule has 6 nitrogen and oxygen atoms in total. The molecule has 0 aromatic heterocycles. The molecule has 1 heterocycles. The maximum atomic E-state index is 15.0. The highest BCUT2D eigenvalue weighted by Gasteiger charge is 2.45. The lowest BCUT2D eigenvalue weighted by Crippen LogP contribution is -2.37. The van der Waals surface area contributed by atoms with Gasteiger partial charge in [-0.05, 0) is 25.5 Å². The van der Waals surface area contributed by atoms with Gasteiger partial charge in [0.1, 0.15) is 18.3 Å². The number of carbonyl (C=O) groups excluding carboxylic acids is 2. The van der Waals surface area contributed by atoms with Gasteiger partial charge in [0, 0.05) is 24.4 Å². The first-order valence-electron chi connectivity index (χ1n) is 8.90. The minimum Gasteiger partial charge on any atom is -0.468 e. The number of halogens is 4. The van der Waals surface area contributed by atoms with E-state index in [0.717, 1.165) is 19.2 Å². The van der Waals surface area contributed by atoms with Gasteiger partial charge < -0.3 is 14.2 Å². The van der Waals surface area contributed by atoms with Crippen LogP contribution >= 0.6 is 0 Å². The molecule has 1 aromatic rings. The average molecular weight is 431 g/mol. The predicted molar refractivity (Wildman–Crippen MR) is 98.3 cm³/mol. The second-order valence-electron chi connectivity index (χ2n) is 6.57. The predicted octanol–water partition coefficient (Wildman–Crippen LogP) is 3.66. The van der Waals surface area contributed by atoms with Gasteiger partial charge in [-0.3, -0.25) is 9.79 Å². The minimum atomic E-state index is -4.96. The Kier molecular flexibility index (Phi) is 7.35. The summed E-state index contributed by atoms with van der Waals surface area (Å²) in [6, 6.07) is 2.70. The molecule has 10 heteroatoms. The zero-order valence-electron chi connectivity index (χ0n) is 16.8. The van der Waals surface area contributed by atoms with Crippen molar-refractivity contribution in [3.63, 3.8) is 0 Å². The molecule has 0 N–H and O–H groups in total. The molecular weight excluding hydrogens is 410 g/mol. The average Bonchev–Trinajstić information content (AvgIpc) is 2.66. The summed E-state index contributed by atoms with van der Waals surface area (Å²) in [5, 5.41) is 0. The van der Waals surface area contributed by atoms with Gasteiger partial charge >= 0.3 is 18.1 Å². The van der Waals surface area contributed by atoms with Crippen LogP contribution in [0.5, 0.6) is 0 Å². The monoisotopic (exact) mass is 431 g/mol. The quantitative estimate of drug-likeness (QED) is 0.391. The van der Waals surface area contributed by atoms with E-state index in [1.807, 2.05) is 0 Å². The fourth-order valence-corrected chi connectivity index (χ4v) is 3.37. The van der Waals surface area contributed by atoms with E-state index < -0.39 is 46.9 Å². The Hall–Kier alpha value is -2.75. The highest BCUT2D eigenvalue weighted by Crippen LogP contribution is 2.43. The van der Waals surface area contributed by atoms with Crippen LogP contribution < -0.4 is 0 Å². The molecule has 1 aliphatic rings. The summed E-state index contributed by atoms with van der Waals surface area (Å²) < 4.78 is 69.4. The molecule has 0 saturated carbocycles. The topological polar surface area (TPSA) is 74.2 Å². The fourth-order valence-electron chi connectivity index (χ4n) is 3.37. The Labute approximate surface area is 170 Å². The molecule has 0 fully saturated rings. The smallest absolute Gasteiger partial charge is 0.419 e. The molecule has 0 aliphatic carbocycles. The van der Waals surface area contributed by atoms with Crippen molar-refractivity contribution in [2.24, 2.45) is 10.9 Å². The lowest BCUT2D eigenvalue weighted by atomic mass is 9.75. The number of carbonyl (C=O) groups is 2. The summed E-state index contributed by atoms with van der Waals surface area (Å²) in [5.74, 6) is -6.09. The number of hydrogen-bond donors (Lipinski definition) is 0. The van der Waals surface area contributed by atoms with Crippen molar-refractivity contribution in [2.75, 3.05) is 27.4 Å². The Bertz CT molecular complexity index is 892. The van der Waals surface area contributed by atoms with Crippen molar-refractivity contribution in [2.45, 2.75) is 25.9 Å². The highest BCUT2D eigenvalue weighted by atomic mass is 19.4. The van der Waals surface area contributed by atoms with E-state index >= 15 is 0 Å². The van der Waals surface area contributed by atoms with Gasteiger partial charge in [0.15, 0.2) is 0 Å². The number of methoxy groups -OCH3 is 2. The third-order valence-corrected chi connectivity index (χ3v) is 4.69. The number of alkyl halides is 3. The van der Waals surface area contributed by atoms with E-state index in [2.05, 4.69) is 4.99 Å². The van der Waals surface area contributed by atoms with Crippen molar-refractivity contribution in [3.8, 4) is 0 Å². The van der Waals surface area contributed by atoms with E-state index in [1.54, 1.807) is 0 Å². The molecule has 2 unspecified atom stereocenters. The molecule has 30 heavy (non-hydrogen) atoms. The Morgan fingerprint density at radius 2 is 1.80 bits per heavy atom. The number of allylic oxidation sites excluding steroid dienone is 1. The van der Waals surface area contributed by atoms with Gasteiger partial charge in [-0.2, -0.15) is 13.2 Å². The molecule has 2 rings (SSSR count). The van der Waals surface area contributed by atoms with Gasteiger partial charge in [0.2, 0.25) is 0 Å². The van der Waals surface area contributed by atoms with Gasteiger partial charge in [0.05, 0.1) is 24.9 Å². The summed E-state index contributed by atoms with van der Waals surface area (Å²) >= 11 is 0. The van der Waals surface area contributed by atoms with Crippen LogP contribution in [0, 0.1) is 11.7 Å². The van der Waals surface area contributed by atoms with E-state index in [1.165, 1.54) is 21.0 Å². The van der Waals surface area contributed by atoms with Gasteiger partial charge in [-0.1, -0.05) is 12.1 Å². The molecule has 1 aromatic carbocycles. The number of nitrogens with zero attached hydrogens (tertiary/aromatic N) is 1. The molecule has 1 aliphatic heterocycles. The lowest BCUT2D eigenvalue weighted by molar-refractivity contribution is -0.144. The molecule has 0 saturated heterocycles. The lowest BCUT2D eigenvalue weighted by Gasteiger charge is -2.31. The van der Waals surface area contributed by atoms with E-state index in [4.69, 9.17) is 14.2 Å². The number of benzene rings is 1. The van der Waals surface area contributed by atoms with Crippen molar-refractivity contribution in [3.05, 3.63) is 46.4 Å². The first-order chi connectivity index (χ1) is 14.0. The molecular formula is C20H21F4NO5. The van der Waals surface area contributed by atoms with E-state index in [9.17, 15) is 27.2 Å². The number of rotatable bonds is 6. The third-order valence-electron chi connectivity index (χ3n) is 4.69. The van der Waals surface area contributed by atoms with Gasteiger partial charge in [-0.15, -0.1) is 0 Å². The summed E-state index contributed by atoms with van der Waals surface area (Å²) in [6.07, 6.45) is -4.96. The summed E-state index contributed by atoms with van der Waals surface area (Å²) in [7, 11) is 2.47. The molecule has 164 valence electrons. The maximum absolute atomic E-state index is 15.0. The summed E-state index contributed by atoms with van der Waals surface area (Å²) in [6.45, 7) is 2.82. The number of ether oxygens (including phenoxy) is 3. The molecule has 0 amide bonds. The Morgan fingerprint density at radius 3 is 2.37 bits per heavy atom. The minimum absolute atomic E-state index is 0.0728. The number of hydrogen-bond acceptors (Lipinski definition) is 6. The van der Waals surface area contributed by atoms with Crippen LogP contribution in [0.4, 0.5) is 17.6 Å². The van der Waals surface area contributed by atoms with Crippen LogP contribution in [0.25, 0.3) is 0 Å². The van der Waals surface area contributed by atoms with Crippen molar-refractivity contribution in [1.82, 2.24) is 0 Å². The first-order valence-corrected chi connectivity index (χ1v) is 8.90. The normalized spacial score (nSPS) is 19.4. The summed E-state index contributed by atoms with van der Waals surface area (Å²) in [4.78, 5) is 29.3. The number of aliphatic imine (C=N–C) groups is 1. The molecule has 2 atom stereocenters. The standard InChI is InChI=1S/C20H21F4NO5/c1-10-14(18(26)29-4)16(12-6-5-7-13(17(12)21)20(22,23)24)15(11(2)25-10)19(27)30-9-8-28-3/h5-7,14,16H,8-9H2,1-4H3. The fraction of sp³-hybridized carbons (Fsp3) is 0.450. The molecule has 0 spiro atoms. The van der Waals surface area contributed by atoms with Crippen molar-refractivity contribution < 1.29 is 41.4 Å². The zero-order valence-corrected chi connectivity index (χ0v) is 16.8. The van der Waals surface area contributed by atoms with Crippen molar-refractivity contribution in [1.29, 1.82) is 0 Å². The summed E-state index contributed by atoms with van der Waals surface area (Å²) in [5.41, 5.74) is -1.92. The van der Waals surface area contributed by atoms with Crippen molar-refractivity contribution >= 4 is 17.7 Å². The molecule has 0 bridgehead atoms. The van der Waals surface area contributed by atoms with Gasteiger partial charge in [0.25, 0.3) is 0 Å². The second-order valence-corrected chi connectivity index (χ2v) is 6.57. The van der Waals surface area contributed by atoms with Crippen LogP contribution in [-0.4, -0.2) is 45.1 Å². The highest BCUT2D eigenvalue weighted by molar-refractivity contribution is 6.07. The second kappa shape index (κ2) is 9.38. The largest absolute Gasteiger partial charge is 0.468 e. The zero-order chi connectivity index (χ0) is 22.6. The van der Waals surface area contributed by atoms with Crippen LogP contribution in [0.3, 0.4) is 0 Å². The Balaban J connectivity index is 2.69. The molecule has 0 radical (unpaired) electrons. The van der Waals surface area contributed by atoms with E-state index in [-0.39, 0.29) is 30.2 Å². The Morgan fingerprint density at radius 1 is 1.13 bits per heavy atom. The number of esters is 2. The first kappa shape index (κ1) is 23.5. The van der Waals surface area contributed by atoms with Crippen LogP contribution in [0.1, 0.15) is 30.9 Å². The van der Waals surface area contributed by atoms with Gasteiger partial charge in [-0.25, -0.2) is 9.18 Å². The van der Waals surface area contributed by atoms with Crippen LogP contribution in [0.2, 0.25) is 0 Å². The van der Waals surface area contributed by atoms with Crippen LogP contribution in [-0.2, 0) is 30.0 Å². The third kappa shape index (κ3) is 4.69. The maximum Gasteiger partial charge on any atom is 0.419 e. The van der Waals surface area contributed by atoms with Crippen LogP contribution in [0.15, 0.2) is 34.5 Å². The van der Waals surface area contributed by atoms with E-state index in [0.29, 0.717) is 6.07 Å². The SMILES string of the molecule is COCCOC(=O)C1=C(C)N=C(C)C(C(=O)OC)C1c1cccc(C(F)(F)F)c1F.